The van der Waals surface area contributed by atoms with Crippen LogP contribution in [0.25, 0.3) is 22.3 Å². The van der Waals surface area contributed by atoms with Crippen molar-refractivity contribution < 1.29 is 9.59 Å². The fourth-order valence-corrected chi connectivity index (χ4v) is 3.01. The number of rotatable bonds is 2. The van der Waals surface area contributed by atoms with Crippen LogP contribution in [0.2, 0.25) is 0 Å². The molecule has 1 fully saturated rings. The van der Waals surface area contributed by atoms with Gasteiger partial charge < -0.3 is 9.97 Å². The van der Waals surface area contributed by atoms with Crippen molar-refractivity contribution in [2.75, 3.05) is 0 Å². The second-order valence-corrected chi connectivity index (χ2v) is 5.21. The Balaban J connectivity index is 1.99. The summed E-state index contributed by atoms with van der Waals surface area (Å²) in [5, 5.41) is 3.37. The minimum absolute atomic E-state index is 0.203. The van der Waals surface area contributed by atoms with Gasteiger partial charge in [-0.2, -0.15) is 0 Å². The maximum absolute atomic E-state index is 12.1. The van der Waals surface area contributed by atoms with E-state index in [2.05, 4.69) is 15.3 Å². The summed E-state index contributed by atoms with van der Waals surface area (Å²) in [6.45, 7) is 0. The summed E-state index contributed by atoms with van der Waals surface area (Å²) in [7, 11) is 0. The number of imide groups is 1. The molecule has 4 rings (SSSR count). The molecule has 0 bridgehead atoms. The number of carbonyl (C=O) groups is 2. The molecule has 0 saturated carbocycles. The van der Waals surface area contributed by atoms with Gasteiger partial charge in [0.2, 0.25) is 11.8 Å². The van der Waals surface area contributed by atoms with Crippen molar-refractivity contribution in [3.63, 3.8) is 0 Å². The molecule has 1 atom stereocenters. The summed E-state index contributed by atoms with van der Waals surface area (Å²) in [5.41, 5.74) is 3.63. The molecule has 104 valence electrons. The number of amides is 2. The van der Waals surface area contributed by atoms with E-state index in [1.54, 1.807) is 0 Å². The summed E-state index contributed by atoms with van der Waals surface area (Å²) < 4.78 is 0. The highest BCUT2D eigenvalue weighted by Crippen LogP contribution is 2.38. The van der Waals surface area contributed by atoms with E-state index in [1.165, 1.54) is 0 Å². The summed E-state index contributed by atoms with van der Waals surface area (Å²) in [4.78, 5) is 30.1. The third-order valence-corrected chi connectivity index (χ3v) is 3.93. The molecule has 3 N–H and O–H groups in total. The third kappa shape index (κ3) is 1.78. The van der Waals surface area contributed by atoms with Crippen LogP contribution in [0.5, 0.6) is 0 Å². The number of aromatic nitrogens is 2. The average molecular weight is 279 g/mol. The highest BCUT2D eigenvalue weighted by molar-refractivity contribution is 6.09. The first-order valence-electron chi connectivity index (χ1n) is 6.82. The zero-order valence-corrected chi connectivity index (χ0v) is 11.1. The van der Waals surface area contributed by atoms with E-state index < -0.39 is 5.92 Å². The molecule has 0 radical (unpaired) electrons. The number of fused-ring (bicyclic) bond motifs is 1. The number of carbonyl (C=O) groups excluding carboxylic acids is 2. The molecule has 5 heteroatoms. The minimum Gasteiger partial charge on any atom is -0.360 e. The zero-order chi connectivity index (χ0) is 14.4. The van der Waals surface area contributed by atoms with Crippen LogP contribution in [0.1, 0.15) is 17.9 Å². The minimum atomic E-state index is -0.438. The first-order valence-corrected chi connectivity index (χ1v) is 6.82. The summed E-state index contributed by atoms with van der Waals surface area (Å²) in [6, 6.07) is 11.7. The lowest BCUT2D eigenvalue weighted by molar-refractivity contribution is -0.125. The maximum Gasteiger partial charge on any atom is 0.234 e. The number of hydrogen-bond donors (Lipinski definition) is 3. The van der Waals surface area contributed by atoms with E-state index in [0.717, 1.165) is 27.9 Å². The molecular weight excluding hydrogens is 266 g/mol. The van der Waals surface area contributed by atoms with Gasteiger partial charge in [0.05, 0.1) is 17.3 Å². The van der Waals surface area contributed by atoms with Crippen molar-refractivity contribution in [1.29, 1.82) is 0 Å². The first-order chi connectivity index (χ1) is 10.2. The highest BCUT2D eigenvalue weighted by Gasteiger charge is 2.35. The van der Waals surface area contributed by atoms with E-state index in [0.29, 0.717) is 0 Å². The number of benzene rings is 1. The lowest BCUT2D eigenvalue weighted by atomic mass is 9.93. The molecule has 1 unspecified atom stereocenters. The van der Waals surface area contributed by atoms with Crippen molar-refractivity contribution in [3.05, 3.63) is 48.2 Å². The van der Waals surface area contributed by atoms with Crippen molar-refractivity contribution in [1.82, 2.24) is 15.3 Å². The largest absolute Gasteiger partial charge is 0.360 e. The molecule has 1 saturated heterocycles. The normalized spacial score (nSPS) is 18.4. The van der Waals surface area contributed by atoms with Gasteiger partial charge in [-0.15, -0.1) is 0 Å². The lowest BCUT2D eigenvalue weighted by Crippen LogP contribution is -2.21. The Morgan fingerprint density at radius 2 is 1.90 bits per heavy atom. The monoisotopic (exact) mass is 279 g/mol. The van der Waals surface area contributed by atoms with Gasteiger partial charge >= 0.3 is 0 Å². The molecule has 3 heterocycles. The smallest absolute Gasteiger partial charge is 0.234 e. The number of hydrogen-bond acceptors (Lipinski definition) is 2. The van der Waals surface area contributed by atoms with Crippen LogP contribution in [-0.2, 0) is 9.59 Å². The van der Waals surface area contributed by atoms with E-state index in [1.807, 2.05) is 42.6 Å². The molecule has 2 amide bonds. The molecule has 5 nitrogen and oxygen atoms in total. The van der Waals surface area contributed by atoms with Crippen molar-refractivity contribution in [3.8, 4) is 11.4 Å². The second-order valence-electron chi connectivity index (χ2n) is 5.21. The van der Waals surface area contributed by atoms with Gasteiger partial charge in [-0.25, -0.2) is 0 Å². The Morgan fingerprint density at radius 3 is 2.62 bits per heavy atom. The second kappa shape index (κ2) is 4.34. The number of aromatic amines is 2. The predicted molar refractivity (Wildman–Crippen MR) is 78.6 cm³/mol. The molecule has 0 aliphatic carbocycles. The van der Waals surface area contributed by atoms with Crippen LogP contribution < -0.4 is 5.32 Å². The van der Waals surface area contributed by atoms with E-state index in [-0.39, 0.29) is 18.2 Å². The first kappa shape index (κ1) is 12.0. The van der Waals surface area contributed by atoms with Crippen molar-refractivity contribution >= 4 is 22.7 Å². The Hall–Kier alpha value is -2.82. The fourth-order valence-electron chi connectivity index (χ4n) is 3.01. The van der Waals surface area contributed by atoms with Gasteiger partial charge in [0, 0.05) is 23.5 Å². The number of nitrogens with one attached hydrogen (secondary N) is 3. The molecular formula is C16H13N3O2. The van der Waals surface area contributed by atoms with Crippen LogP contribution in [0.15, 0.2) is 42.6 Å². The molecule has 2 aromatic heterocycles. The lowest BCUT2D eigenvalue weighted by Gasteiger charge is -2.08. The standard InChI is InChI=1S/C16H13N3O2/c20-13-8-10(16(21)19-13)14-9-4-1-2-5-11(9)18-15(14)12-6-3-7-17-12/h1-7,10,17-18H,8H2,(H,19,20,21). The van der Waals surface area contributed by atoms with E-state index in [4.69, 9.17) is 0 Å². The predicted octanol–water partition coefficient (Wildman–Crippen LogP) is 2.29. The van der Waals surface area contributed by atoms with Crippen molar-refractivity contribution in [2.45, 2.75) is 12.3 Å². The molecule has 1 aliphatic heterocycles. The molecule has 21 heavy (non-hydrogen) atoms. The summed E-state index contributed by atoms with van der Waals surface area (Å²) in [5.74, 6) is -0.878. The topological polar surface area (TPSA) is 77.8 Å². The van der Waals surface area contributed by atoms with E-state index >= 15 is 0 Å². The van der Waals surface area contributed by atoms with Gasteiger partial charge in [0.1, 0.15) is 0 Å². The SMILES string of the molecule is O=C1CC(c2c(-c3ccc[nH]3)[nH]c3ccccc23)C(=O)N1. The van der Waals surface area contributed by atoms with Crippen LogP contribution in [0.3, 0.4) is 0 Å². The van der Waals surface area contributed by atoms with Crippen LogP contribution in [0, 0.1) is 0 Å². The molecule has 0 spiro atoms. The van der Waals surface area contributed by atoms with Gasteiger partial charge in [-0.3, -0.25) is 14.9 Å². The third-order valence-electron chi connectivity index (χ3n) is 3.93. The highest BCUT2D eigenvalue weighted by atomic mass is 16.2. The van der Waals surface area contributed by atoms with Gasteiger partial charge in [0.25, 0.3) is 0 Å². The zero-order valence-electron chi connectivity index (χ0n) is 11.1. The van der Waals surface area contributed by atoms with E-state index in [9.17, 15) is 9.59 Å². The van der Waals surface area contributed by atoms with Crippen LogP contribution >= 0.6 is 0 Å². The van der Waals surface area contributed by atoms with Gasteiger partial charge in [0.15, 0.2) is 0 Å². The Labute approximate surface area is 120 Å². The number of para-hydroxylation sites is 1. The summed E-state index contributed by atoms with van der Waals surface area (Å²) >= 11 is 0. The molecule has 1 aromatic carbocycles. The summed E-state index contributed by atoms with van der Waals surface area (Å²) in [6.07, 6.45) is 2.04. The van der Waals surface area contributed by atoms with Gasteiger partial charge in [-0.05, 0) is 23.8 Å². The molecule has 3 aromatic rings. The Bertz CT molecular complexity index is 846. The Morgan fingerprint density at radius 1 is 1.05 bits per heavy atom. The number of H-pyrrole nitrogens is 2. The molecule has 1 aliphatic rings. The van der Waals surface area contributed by atoms with Crippen LogP contribution in [-0.4, -0.2) is 21.8 Å². The quantitative estimate of drug-likeness (QED) is 0.629. The average Bonchev–Trinajstić information content (AvgIpc) is 3.16. The van der Waals surface area contributed by atoms with Gasteiger partial charge in [-0.1, -0.05) is 18.2 Å². The maximum atomic E-state index is 12.1. The van der Waals surface area contributed by atoms with Crippen molar-refractivity contribution in [2.24, 2.45) is 0 Å². The Kier molecular flexibility index (Phi) is 2.47. The van der Waals surface area contributed by atoms with Crippen LogP contribution in [0.4, 0.5) is 0 Å². The fraction of sp³-hybridized carbons (Fsp3) is 0.125.